The predicted molar refractivity (Wildman–Crippen MR) is 101 cm³/mol. The molecule has 0 unspecified atom stereocenters. The summed E-state index contributed by atoms with van der Waals surface area (Å²) in [5, 5.41) is 5.08. The number of carbonyl (C=O) groups is 3. The van der Waals surface area contributed by atoms with Crippen LogP contribution in [0.15, 0.2) is 59.5 Å². The topological polar surface area (TPSA) is 118 Å². The first-order valence-corrected chi connectivity index (χ1v) is 10.0. The third-order valence-electron chi connectivity index (χ3n) is 4.52. The first-order chi connectivity index (χ1) is 13.2. The number of benzene rings is 2. The van der Waals surface area contributed by atoms with Crippen LogP contribution in [0.1, 0.15) is 18.9 Å². The van der Waals surface area contributed by atoms with Crippen molar-refractivity contribution in [3.05, 3.63) is 60.2 Å². The third kappa shape index (κ3) is 3.95. The Bertz CT molecular complexity index is 1020. The zero-order valence-corrected chi connectivity index (χ0v) is 15.9. The second-order valence-electron chi connectivity index (χ2n) is 6.46. The van der Waals surface area contributed by atoms with Crippen LogP contribution in [0.5, 0.6) is 0 Å². The molecule has 2 aromatic rings. The molecule has 1 aliphatic heterocycles. The molecule has 8 nitrogen and oxygen atoms in total. The molecule has 0 aliphatic carbocycles. The van der Waals surface area contributed by atoms with E-state index in [1.165, 1.54) is 36.1 Å². The fourth-order valence-electron chi connectivity index (χ4n) is 3.13. The monoisotopic (exact) mass is 401 g/mol. The minimum absolute atomic E-state index is 0.0481. The maximum Gasteiger partial charge on any atom is 0.257 e. The number of primary sulfonamides is 1. The lowest BCUT2D eigenvalue weighted by atomic mass is 10.1. The van der Waals surface area contributed by atoms with Gasteiger partial charge in [-0.25, -0.2) is 18.5 Å². The zero-order chi connectivity index (χ0) is 20.5. The number of imide groups is 1. The van der Waals surface area contributed by atoms with Gasteiger partial charge in [0.25, 0.3) is 5.91 Å². The summed E-state index contributed by atoms with van der Waals surface area (Å²) in [5.74, 6) is -1.21. The molecule has 146 valence electrons. The summed E-state index contributed by atoms with van der Waals surface area (Å²) >= 11 is 0. The van der Waals surface area contributed by atoms with E-state index in [0.717, 1.165) is 4.90 Å². The molecule has 1 atom stereocenters. The summed E-state index contributed by atoms with van der Waals surface area (Å²) in [4.78, 5) is 39.8. The smallest absolute Gasteiger partial charge is 0.257 e. The first-order valence-electron chi connectivity index (χ1n) is 8.49. The van der Waals surface area contributed by atoms with Gasteiger partial charge in [-0.1, -0.05) is 30.3 Å². The fraction of sp³-hybridized carbons (Fsp3) is 0.211. The summed E-state index contributed by atoms with van der Waals surface area (Å²) in [7, 11) is -3.82. The number of amides is 3. The lowest BCUT2D eigenvalue weighted by Gasteiger charge is -2.26. The van der Waals surface area contributed by atoms with Crippen molar-refractivity contribution in [3.8, 4) is 0 Å². The Morgan fingerprint density at radius 2 is 1.71 bits per heavy atom. The summed E-state index contributed by atoms with van der Waals surface area (Å²) in [5.41, 5.74) is 1.07. The molecule has 1 saturated heterocycles. The van der Waals surface area contributed by atoms with Gasteiger partial charge >= 0.3 is 0 Å². The molecular formula is C19H19N3O5S. The molecule has 9 heteroatoms. The number of carbonyl (C=O) groups excluding carboxylic acids is 3. The van der Waals surface area contributed by atoms with E-state index in [1.807, 2.05) is 0 Å². The van der Waals surface area contributed by atoms with Crippen LogP contribution in [0, 0.1) is 0 Å². The predicted octanol–water partition coefficient (Wildman–Crippen LogP) is 1.01. The van der Waals surface area contributed by atoms with Crippen LogP contribution in [0.25, 0.3) is 0 Å². The van der Waals surface area contributed by atoms with Crippen LogP contribution in [0.4, 0.5) is 5.69 Å². The van der Waals surface area contributed by atoms with Crippen molar-refractivity contribution in [2.75, 3.05) is 4.90 Å². The lowest BCUT2D eigenvalue weighted by molar-refractivity contribution is -0.137. The molecule has 1 aliphatic rings. The van der Waals surface area contributed by atoms with Gasteiger partial charge in [-0.05, 0) is 29.8 Å². The first kappa shape index (κ1) is 19.7. The van der Waals surface area contributed by atoms with Crippen LogP contribution in [0.2, 0.25) is 0 Å². The van der Waals surface area contributed by atoms with Gasteiger partial charge in [0.05, 0.1) is 17.0 Å². The Morgan fingerprint density at radius 3 is 2.25 bits per heavy atom. The van der Waals surface area contributed by atoms with E-state index in [4.69, 9.17) is 5.14 Å². The average molecular weight is 401 g/mol. The number of nitrogens with two attached hydrogens (primary N) is 1. The minimum Gasteiger partial charge on any atom is -0.326 e. The quantitative estimate of drug-likeness (QED) is 0.751. The Hall–Kier alpha value is -3.04. The van der Waals surface area contributed by atoms with Crippen LogP contribution in [0.3, 0.4) is 0 Å². The van der Waals surface area contributed by atoms with Crippen molar-refractivity contribution in [2.45, 2.75) is 30.8 Å². The highest BCUT2D eigenvalue weighted by Gasteiger charge is 2.43. The Labute approximate surface area is 162 Å². The van der Waals surface area contributed by atoms with Crippen LogP contribution >= 0.6 is 0 Å². The molecule has 1 heterocycles. The van der Waals surface area contributed by atoms with Gasteiger partial charge in [-0.2, -0.15) is 0 Å². The van der Waals surface area contributed by atoms with Gasteiger partial charge in [0.2, 0.25) is 21.8 Å². The van der Waals surface area contributed by atoms with E-state index in [2.05, 4.69) is 0 Å². The van der Waals surface area contributed by atoms with Crippen molar-refractivity contribution >= 4 is 33.4 Å². The number of hydrogen-bond acceptors (Lipinski definition) is 5. The molecule has 0 saturated carbocycles. The third-order valence-corrected chi connectivity index (χ3v) is 5.45. The molecule has 0 aromatic heterocycles. The number of anilines is 1. The van der Waals surface area contributed by atoms with Crippen molar-refractivity contribution < 1.29 is 22.8 Å². The normalized spacial score (nSPS) is 17.1. The van der Waals surface area contributed by atoms with E-state index in [0.29, 0.717) is 11.3 Å². The molecule has 2 N–H and O–H groups in total. The van der Waals surface area contributed by atoms with Crippen molar-refractivity contribution in [1.82, 2.24) is 4.90 Å². The van der Waals surface area contributed by atoms with Crippen LogP contribution in [-0.4, -0.2) is 37.1 Å². The van der Waals surface area contributed by atoms with E-state index in [1.54, 1.807) is 30.3 Å². The Balaban J connectivity index is 1.84. The number of nitrogens with zero attached hydrogens (tertiary/aromatic N) is 2. The molecule has 1 fully saturated rings. The molecule has 28 heavy (non-hydrogen) atoms. The molecule has 0 spiro atoms. The largest absolute Gasteiger partial charge is 0.326 e. The minimum atomic E-state index is -3.82. The van der Waals surface area contributed by atoms with Gasteiger partial charge in [-0.15, -0.1) is 0 Å². The van der Waals surface area contributed by atoms with Crippen molar-refractivity contribution in [3.63, 3.8) is 0 Å². The standard InChI is InChI=1S/C19H19N3O5S/c1-13(23)21(12-14-7-9-16(10-8-14)28(20,26)27)17-11-18(24)22(19(17)25)15-5-3-2-4-6-15/h2-10,17H,11-12H2,1H3,(H2,20,26,27)/t17-/m0/s1. The van der Waals surface area contributed by atoms with Gasteiger partial charge in [0.1, 0.15) is 6.04 Å². The average Bonchev–Trinajstić information content (AvgIpc) is 2.94. The Morgan fingerprint density at radius 1 is 1.11 bits per heavy atom. The van der Waals surface area contributed by atoms with E-state index < -0.39 is 22.0 Å². The van der Waals surface area contributed by atoms with Gasteiger partial charge < -0.3 is 4.90 Å². The van der Waals surface area contributed by atoms with Crippen LogP contribution < -0.4 is 10.0 Å². The summed E-state index contributed by atoms with van der Waals surface area (Å²) in [6.45, 7) is 1.38. The SMILES string of the molecule is CC(=O)N(Cc1ccc(S(N)(=O)=O)cc1)[C@H]1CC(=O)N(c2ccccc2)C1=O. The second kappa shape index (κ2) is 7.53. The van der Waals surface area contributed by atoms with Gasteiger partial charge in [0, 0.05) is 13.5 Å². The molecule has 3 amide bonds. The summed E-state index contributed by atoms with van der Waals surface area (Å²) in [6.07, 6.45) is -0.109. The highest BCUT2D eigenvalue weighted by molar-refractivity contribution is 7.89. The maximum absolute atomic E-state index is 12.9. The second-order valence-corrected chi connectivity index (χ2v) is 8.02. The van der Waals surface area contributed by atoms with E-state index >= 15 is 0 Å². The lowest BCUT2D eigenvalue weighted by Crippen LogP contribution is -2.44. The molecule has 3 rings (SSSR count). The number of para-hydroxylation sites is 1. The van der Waals surface area contributed by atoms with Gasteiger partial charge in [0.15, 0.2) is 0 Å². The fourth-order valence-corrected chi connectivity index (χ4v) is 3.65. The number of rotatable bonds is 5. The summed E-state index contributed by atoms with van der Waals surface area (Å²) < 4.78 is 22.7. The highest BCUT2D eigenvalue weighted by atomic mass is 32.2. The number of hydrogen-bond donors (Lipinski definition) is 1. The van der Waals surface area contributed by atoms with E-state index in [9.17, 15) is 22.8 Å². The zero-order valence-electron chi connectivity index (χ0n) is 15.1. The van der Waals surface area contributed by atoms with Crippen molar-refractivity contribution in [1.29, 1.82) is 0 Å². The highest BCUT2D eigenvalue weighted by Crippen LogP contribution is 2.26. The summed E-state index contributed by atoms with van der Waals surface area (Å²) in [6, 6.07) is 13.3. The van der Waals surface area contributed by atoms with Crippen molar-refractivity contribution in [2.24, 2.45) is 5.14 Å². The number of sulfonamides is 1. The van der Waals surface area contributed by atoms with Gasteiger partial charge in [-0.3, -0.25) is 14.4 Å². The molecule has 0 bridgehead atoms. The van der Waals surface area contributed by atoms with Crippen LogP contribution in [-0.2, 0) is 31.0 Å². The molecule has 0 radical (unpaired) electrons. The van der Waals surface area contributed by atoms with E-state index in [-0.39, 0.29) is 29.7 Å². The molecular weight excluding hydrogens is 382 g/mol. The Kier molecular flexibility index (Phi) is 5.30. The maximum atomic E-state index is 12.9. The molecule has 2 aromatic carbocycles.